The van der Waals surface area contributed by atoms with Crippen molar-refractivity contribution in [2.75, 3.05) is 5.32 Å². The summed E-state index contributed by atoms with van der Waals surface area (Å²) in [5.74, 6) is -3.21. The Bertz CT molecular complexity index is 1480. The van der Waals surface area contributed by atoms with Gasteiger partial charge in [-0.1, -0.05) is 54.6 Å². The summed E-state index contributed by atoms with van der Waals surface area (Å²) in [5, 5.41) is 26.2. The predicted octanol–water partition coefficient (Wildman–Crippen LogP) is 6.55. The number of nitrogens with one attached hydrogen (secondary N) is 2. The zero-order valence-corrected chi connectivity index (χ0v) is 21.3. The van der Waals surface area contributed by atoms with Crippen LogP contribution in [0.1, 0.15) is 40.4 Å². The number of alkyl halides is 5. The molecule has 4 rings (SSSR count). The van der Waals surface area contributed by atoms with E-state index in [1.807, 2.05) is 6.07 Å². The molecule has 0 bridgehead atoms. The lowest BCUT2D eigenvalue weighted by molar-refractivity contribution is -0.137. The van der Waals surface area contributed by atoms with Crippen LogP contribution in [0.2, 0.25) is 0 Å². The number of hydrogen-bond donors (Lipinski definition) is 3. The number of halogens is 5. The second-order valence-electron chi connectivity index (χ2n) is 9.35. The van der Waals surface area contributed by atoms with Crippen LogP contribution in [0.4, 0.5) is 27.6 Å². The summed E-state index contributed by atoms with van der Waals surface area (Å²) in [5.41, 5.74) is -1.17. The average Bonchev–Trinajstić information content (AvgIpc) is 2.92. The number of hydrogen-bond acceptors (Lipinski definition) is 5. The highest BCUT2D eigenvalue weighted by Crippen LogP contribution is 2.38. The van der Waals surface area contributed by atoms with Gasteiger partial charge in [-0.2, -0.15) is 18.4 Å². The van der Waals surface area contributed by atoms with Crippen LogP contribution in [0.15, 0.2) is 97.2 Å². The molecule has 0 aliphatic carbocycles. The maximum absolute atomic E-state index is 14.4. The van der Waals surface area contributed by atoms with E-state index in [0.29, 0.717) is 23.0 Å². The van der Waals surface area contributed by atoms with E-state index in [-0.39, 0.29) is 23.2 Å². The van der Waals surface area contributed by atoms with Crippen LogP contribution in [0, 0.1) is 11.3 Å². The van der Waals surface area contributed by atoms with E-state index < -0.39 is 29.6 Å². The molecule has 4 aromatic rings. The summed E-state index contributed by atoms with van der Waals surface area (Å²) in [7, 11) is 0. The third kappa shape index (κ3) is 6.62. The smallest absolute Gasteiger partial charge is 0.361 e. The quantitative estimate of drug-likeness (QED) is 0.162. The van der Waals surface area contributed by atoms with E-state index >= 15 is 0 Å². The normalized spacial score (nSPS) is 14.2. The molecular weight excluding hydrogens is 527 g/mol. The van der Waals surface area contributed by atoms with Crippen LogP contribution >= 0.6 is 0 Å². The van der Waals surface area contributed by atoms with Crippen LogP contribution in [0.5, 0.6) is 0 Å². The molecule has 0 spiro atoms. The Kier molecular flexibility index (Phi) is 8.18. The van der Waals surface area contributed by atoms with E-state index in [9.17, 15) is 32.3 Å². The zero-order chi connectivity index (χ0) is 29.0. The molecule has 0 saturated carbocycles. The number of aliphatic hydroxyl groups excluding tert-OH is 1. The van der Waals surface area contributed by atoms with Crippen molar-refractivity contribution in [1.29, 1.82) is 5.26 Å². The number of aromatic nitrogens is 1. The number of benzene rings is 3. The fourth-order valence-corrected chi connectivity index (χ4v) is 4.43. The van der Waals surface area contributed by atoms with Crippen molar-refractivity contribution in [3.63, 3.8) is 0 Å². The Hall–Kier alpha value is -4.33. The van der Waals surface area contributed by atoms with Gasteiger partial charge in [-0.25, -0.2) is 8.78 Å². The Morgan fingerprint density at radius 2 is 1.55 bits per heavy atom. The maximum Gasteiger partial charge on any atom is 0.417 e. The molecule has 10 heteroatoms. The van der Waals surface area contributed by atoms with Gasteiger partial charge >= 0.3 is 6.18 Å². The predicted molar refractivity (Wildman–Crippen MR) is 140 cm³/mol. The monoisotopic (exact) mass is 552 g/mol. The second kappa shape index (κ2) is 11.4. The number of rotatable bonds is 9. The number of nitriles is 1. The fraction of sp³-hybridized carbons (Fsp3) is 0.200. The SMILES string of the molecule is CC(F)(F)c1cccc(C(Cc2ccccc2)(N[C@@H](O)Nc2cccc(C#N)c2)c2ccc(C(F)(F)F)cn2)c1. The van der Waals surface area contributed by atoms with Gasteiger partial charge in [0.2, 0.25) is 0 Å². The summed E-state index contributed by atoms with van der Waals surface area (Å²) >= 11 is 0. The summed E-state index contributed by atoms with van der Waals surface area (Å²) in [6.07, 6.45) is -5.49. The first-order valence-corrected chi connectivity index (χ1v) is 12.2. The largest absolute Gasteiger partial charge is 0.417 e. The zero-order valence-electron chi connectivity index (χ0n) is 21.3. The van der Waals surface area contributed by atoms with Gasteiger partial charge in [-0.3, -0.25) is 10.3 Å². The molecule has 2 atom stereocenters. The highest BCUT2D eigenvalue weighted by Gasteiger charge is 2.40. The molecule has 206 valence electrons. The second-order valence-corrected chi connectivity index (χ2v) is 9.35. The summed E-state index contributed by atoms with van der Waals surface area (Å²) < 4.78 is 68.9. The molecule has 1 aromatic heterocycles. The lowest BCUT2D eigenvalue weighted by Crippen LogP contribution is -2.53. The summed E-state index contributed by atoms with van der Waals surface area (Å²) in [6, 6.07) is 24.6. The first-order valence-electron chi connectivity index (χ1n) is 12.2. The minimum atomic E-state index is -4.64. The van der Waals surface area contributed by atoms with Crippen molar-refractivity contribution in [2.45, 2.75) is 37.3 Å². The van der Waals surface area contributed by atoms with Crippen LogP contribution in [0.25, 0.3) is 0 Å². The lowest BCUT2D eigenvalue weighted by atomic mass is 9.79. The molecule has 0 amide bonds. The van der Waals surface area contributed by atoms with Crippen molar-refractivity contribution >= 4 is 5.69 Å². The highest BCUT2D eigenvalue weighted by atomic mass is 19.4. The van der Waals surface area contributed by atoms with Crippen molar-refractivity contribution in [2.24, 2.45) is 0 Å². The highest BCUT2D eigenvalue weighted by molar-refractivity contribution is 5.50. The lowest BCUT2D eigenvalue weighted by Gasteiger charge is -2.38. The molecule has 0 radical (unpaired) electrons. The molecule has 0 saturated heterocycles. The number of anilines is 1. The van der Waals surface area contributed by atoms with E-state index in [2.05, 4.69) is 15.6 Å². The van der Waals surface area contributed by atoms with Gasteiger partial charge in [0.1, 0.15) is 0 Å². The fourth-order valence-electron chi connectivity index (χ4n) is 4.43. The third-order valence-electron chi connectivity index (χ3n) is 6.38. The Morgan fingerprint density at radius 3 is 2.17 bits per heavy atom. The van der Waals surface area contributed by atoms with E-state index in [0.717, 1.165) is 13.0 Å². The van der Waals surface area contributed by atoms with Crippen LogP contribution < -0.4 is 10.6 Å². The number of pyridine rings is 1. The first kappa shape index (κ1) is 28.7. The van der Waals surface area contributed by atoms with Crippen LogP contribution in [0.3, 0.4) is 0 Å². The van der Waals surface area contributed by atoms with Crippen LogP contribution in [-0.2, 0) is 24.1 Å². The van der Waals surface area contributed by atoms with Gasteiger partial charge < -0.3 is 10.4 Å². The van der Waals surface area contributed by atoms with Crippen molar-refractivity contribution < 1.29 is 27.1 Å². The number of aliphatic hydroxyl groups is 1. The third-order valence-corrected chi connectivity index (χ3v) is 6.38. The Morgan fingerprint density at radius 1 is 0.850 bits per heavy atom. The van der Waals surface area contributed by atoms with Crippen LogP contribution in [-0.4, -0.2) is 16.4 Å². The molecule has 3 N–H and O–H groups in total. The molecule has 0 fully saturated rings. The molecular formula is C30H25F5N4O. The topological polar surface area (TPSA) is 81.0 Å². The van der Waals surface area contributed by atoms with E-state index in [1.54, 1.807) is 54.6 Å². The Balaban J connectivity index is 1.89. The van der Waals surface area contributed by atoms with Crippen molar-refractivity contribution in [3.05, 3.63) is 131 Å². The molecule has 3 aromatic carbocycles. The van der Waals surface area contributed by atoms with E-state index in [4.69, 9.17) is 0 Å². The number of nitrogens with zero attached hydrogens (tertiary/aromatic N) is 2. The minimum Gasteiger partial charge on any atom is -0.361 e. The van der Waals surface area contributed by atoms with E-state index in [1.165, 1.54) is 30.3 Å². The standard InChI is InChI=1S/C30H25F5N4O/c1-28(31,32)22-10-6-11-23(16-22)29(17-20-7-3-2-4-8-20,26-14-13-24(19-37-26)30(33,34)35)39-27(40)38-25-12-5-9-21(15-25)18-36/h2-16,19,27,38-40H,17H2,1H3/t27-,29?/m0/s1. The van der Waals surface area contributed by atoms with Gasteiger partial charge in [0, 0.05) is 30.8 Å². The molecule has 0 aliphatic heterocycles. The average molecular weight is 553 g/mol. The van der Waals surface area contributed by atoms with Gasteiger partial charge in [-0.15, -0.1) is 0 Å². The molecule has 40 heavy (non-hydrogen) atoms. The minimum absolute atomic E-state index is 0.0297. The summed E-state index contributed by atoms with van der Waals surface area (Å²) in [6.45, 7) is 0.743. The van der Waals surface area contributed by atoms with Gasteiger partial charge in [0.15, 0.2) is 6.35 Å². The molecule has 0 aliphatic rings. The maximum atomic E-state index is 14.4. The Labute approximate surface area is 227 Å². The van der Waals surface area contributed by atoms with Gasteiger partial charge in [0.05, 0.1) is 28.4 Å². The molecule has 1 heterocycles. The summed E-state index contributed by atoms with van der Waals surface area (Å²) in [4.78, 5) is 4.12. The van der Waals surface area contributed by atoms with Crippen molar-refractivity contribution in [1.82, 2.24) is 10.3 Å². The first-order chi connectivity index (χ1) is 18.9. The molecule has 5 nitrogen and oxygen atoms in total. The molecule has 1 unspecified atom stereocenters. The van der Waals surface area contributed by atoms with Gasteiger partial charge in [0.25, 0.3) is 5.92 Å². The van der Waals surface area contributed by atoms with Gasteiger partial charge in [-0.05, 0) is 47.5 Å². The van der Waals surface area contributed by atoms with Crippen molar-refractivity contribution in [3.8, 4) is 6.07 Å².